The lowest BCUT2D eigenvalue weighted by atomic mass is 10.3. The van der Waals surface area contributed by atoms with E-state index in [4.69, 9.17) is 10.2 Å². The number of hydrogen-bond acceptors (Lipinski definition) is 3. The molecule has 0 aromatic carbocycles. The van der Waals surface area contributed by atoms with Crippen LogP contribution >= 0.6 is 0 Å². The highest BCUT2D eigenvalue weighted by Crippen LogP contribution is 1.95. The number of nitrogens with zero attached hydrogens (tertiary/aromatic N) is 1. The van der Waals surface area contributed by atoms with Crippen LogP contribution in [0.1, 0.15) is 26.7 Å². The van der Waals surface area contributed by atoms with E-state index in [2.05, 4.69) is 6.92 Å². The van der Waals surface area contributed by atoms with Crippen molar-refractivity contribution in [3.63, 3.8) is 0 Å². The van der Waals surface area contributed by atoms with E-state index in [1.165, 1.54) is 0 Å². The molecule has 3 nitrogen and oxygen atoms in total. The number of aliphatic hydroxyl groups excluding tert-OH is 2. The van der Waals surface area contributed by atoms with Gasteiger partial charge in [0, 0.05) is 13.1 Å². The van der Waals surface area contributed by atoms with Crippen LogP contribution in [0, 0.1) is 0 Å². The van der Waals surface area contributed by atoms with Crippen LogP contribution in [0.5, 0.6) is 0 Å². The van der Waals surface area contributed by atoms with Crippen molar-refractivity contribution >= 4 is 0 Å². The minimum atomic E-state index is -0.348. The van der Waals surface area contributed by atoms with Crippen LogP contribution < -0.4 is 0 Å². The van der Waals surface area contributed by atoms with Crippen molar-refractivity contribution < 1.29 is 10.2 Å². The first-order valence-electron chi connectivity index (χ1n) is 4.22. The Hall–Kier alpha value is -0.120. The Morgan fingerprint density at radius 1 is 1.45 bits per heavy atom. The summed E-state index contributed by atoms with van der Waals surface area (Å²) in [5, 5.41) is 17.8. The highest BCUT2D eigenvalue weighted by molar-refractivity contribution is 4.56. The highest BCUT2D eigenvalue weighted by Gasteiger charge is 2.04. The molecule has 0 saturated heterocycles. The monoisotopic (exact) mass is 161 g/mol. The van der Waals surface area contributed by atoms with Gasteiger partial charge in [-0.15, -0.1) is 0 Å². The number of aliphatic hydroxyl groups is 2. The van der Waals surface area contributed by atoms with E-state index < -0.39 is 0 Å². The molecule has 0 aliphatic rings. The molecule has 1 atom stereocenters. The summed E-state index contributed by atoms with van der Waals surface area (Å²) in [6.07, 6.45) is 1.85. The van der Waals surface area contributed by atoms with Gasteiger partial charge in [-0.05, 0) is 13.3 Å². The van der Waals surface area contributed by atoms with Crippen molar-refractivity contribution in [2.75, 3.05) is 19.8 Å². The smallest absolute Gasteiger partial charge is 0.0957 e. The maximum absolute atomic E-state index is 9.00. The van der Waals surface area contributed by atoms with Crippen molar-refractivity contribution in [1.29, 1.82) is 0 Å². The second-order valence-corrected chi connectivity index (χ2v) is 2.92. The topological polar surface area (TPSA) is 43.7 Å². The molecular formula is C8H19NO2. The molecule has 0 aliphatic heterocycles. The third kappa shape index (κ3) is 6.28. The fraction of sp³-hybridized carbons (Fsp3) is 1.00. The fourth-order valence-electron chi connectivity index (χ4n) is 0.975. The molecule has 0 aromatic rings. The largest absolute Gasteiger partial charge is 0.392 e. The van der Waals surface area contributed by atoms with Gasteiger partial charge in [-0.2, -0.15) is 0 Å². The summed E-state index contributed by atoms with van der Waals surface area (Å²) in [7, 11) is 0. The number of hydrogen-bond donors (Lipinski definition) is 2. The molecule has 1 unspecified atom stereocenters. The molecule has 0 amide bonds. The summed E-state index contributed by atoms with van der Waals surface area (Å²) in [4.78, 5) is 1.84. The van der Waals surface area contributed by atoms with Crippen LogP contribution in [0.3, 0.4) is 0 Å². The van der Waals surface area contributed by atoms with Gasteiger partial charge in [0.1, 0.15) is 0 Å². The molecule has 0 saturated carbocycles. The summed E-state index contributed by atoms with van der Waals surface area (Å²) in [6.45, 7) is 5.33. The van der Waals surface area contributed by atoms with Crippen molar-refractivity contribution in [2.24, 2.45) is 0 Å². The Morgan fingerprint density at radius 2 is 2.09 bits per heavy atom. The van der Waals surface area contributed by atoms with E-state index in [-0.39, 0.29) is 12.8 Å². The van der Waals surface area contributed by atoms with Gasteiger partial charge in [0.15, 0.2) is 0 Å². The molecule has 0 radical (unpaired) electrons. The zero-order chi connectivity index (χ0) is 8.69. The Bertz CT molecular complexity index is 86.2. The summed E-state index contributed by atoms with van der Waals surface area (Å²) in [6, 6.07) is 0. The predicted octanol–water partition coefficient (Wildman–Crippen LogP) is 0.419. The highest BCUT2D eigenvalue weighted by atomic mass is 16.3. The predicted molar refractivity (Wildman–Crippen MR) is 45.2 cm³/mol. The molecule has 0 bridgehead atoms. The fourth-order valence-corrected chi connectivity index (χ4v) is 0.975. The zero-order valence-corrected chi connectivity index (χ0v) is 7.45. The molecule has 0 aromatic heterocycles. The standard InChI is InChI=1S/C8H19NO2/c1-3-4-5-9(7-10)6-8(2)11/h8,10-11H,3-7H2,1-2H3. The molecule has 2 N–H and O–H groups in total. The van der Waals surface area contributed by atoms with E-state index in [1.54, 1.807) is 6.92 Å². The first-order valence-corrected chi connectivity index (χ1v) is 4.22. The maximum Gasteiger partial charge on any atom is 0.0957 e. The molecule has 0 rings (SSSR count). The SMILES string of the molecule is CCCCN(CO)CC(C)O. The van der Waals surface area contributed by atoms with Crippen LogP contribution in [0.15, 0.2) is 0 Å². The van der Waals surface area contributed by atoms with Gasteiger partial charge >= 0.3 is 0 Å². The lowest BCUT2D eigenvalue weighted by Gasteiger charge is -2.20. The van der Waals surface area contributed by atoms with E-state index in [1.807, 2.05) is 4.90 Å². The van der Waals surface area contributed by atoms with Crippen LogP contribution in [0.2, 0.25) is 0 Å². The Balaban J connectivity index is 3.41. The van der Waals surface area contributed by atoms with Gasteiger partial charge in [-0.3, -0.25) is 4.90 Å². The molecule has 0 aliphatic carbocycles. The van der Waals surface area contributed by atoms with Gasteiger partial charge in [0.25, 0.3) is 0 Å². The summed E-state index contributed by atoms with van der Waals surface area (Å²) in [5.41, 5.74) is 0. The lowest BCUT2D eigenvalue weighted by Crippen LogP contribution is -2.32. The minimum absolute atomic E-state index is 0.0465. The molecule has 0 fully saturated rings. The van der Waals surface area contributed by atoms with Crippen LogP contribution in [-0.4, -0.2) is 41.0 Å². The van der Waals surface area contributed by atoms with Gasteiger partial charge in [0.2, 0.25) is 0 Å². The molecular weight excluding hydrogens is 142 g/mol. The van der Waals surface area contributed by atoms with Crippen LogP contribution in [0.25, 0.3) is 0 Å². The van der Waals surface area contributed by atoms with E-state index >= 15 is 0 Å². The molecule has 3 heteroatoms. The first-order chi connectivity index (χ1) is 5.20. The van der Waals surface area contributed by atoms with E-state index in [9.17, 15) is 0 Å². The summed E-state index contributed by atoms with van der Waals surface area (Å²) in [5.74, 6) is 0. The third-order valence-electron chi connectivity index (χ3n) is 1.55. The van der Waals surface area contributed by atoms with Crippen molar-refractivity contribution in [3.8, 4) is 0 Å². The zero-order valence-electron chi connectivity index (χ0n) is 7.45. The van der Waals surface area contributed by atoms with Crippen LogP contribution in [-0.2, 0) is 0 Å². The normalized spacial score (nSPS) is 13.9. The molecule has 0 spiro atoms. The quantitative estimate of drug-likeness (QED) is 0.555. The minimum Gasteiger partial charge on any atom is -0.392 e. The third-order valence-corrected chi connectivity index (χ3v) is 1.55. The van der Waals surface area contributed by atoms with E-state index in [0.29, 0.717) is 6.54 Å². The van der Waals surface area contributed by atoms with Crippen LogP contribution in [0.4, 0.5) is 0 Å². The summed E-state index contributed by atoms with van der Waals surface area (Å²) < 4.78 is 0. The van der Waals surface area contributed by atoms with E-state index in [0.717, 1.165) is 19.4 Å². The first kappa shape index (κ1) is 10.9. The second kappa shape index (κ2) is 6.58. The van der Waals surface area contributed by atoms with Crippen molar-refractivity contribution in [1.82, 2.24) is 4.90 Å². The second-order valence-electron chi connectivity index (χ2n) is 2.92. The Kier molecular flexibility index (Phi) is 6.51. The molecule has 0 heterocycles. The number of rotatable bonds is 6. The Morgan fingerprint density at radius 3 is 2.45 bits per heavy atom. The van der Waals surface area contributed by atoms with Crippen molar-refractivity contribution in [3.05, 3.63) is 0 Å². The average Bonchev–Trinajstić information content (AvgIpc) is 1.97. The van der Waals surface area contributed by atoms with Gasteiger partial charge in [-0.1, -0.05) is 13.3 Å². The van der Waals surface area contributed by atoms with Crippen molar-refractivity contribution in [2.45, 2.75) is 32.8 Å². The van der Waals surface area contributed by atoms with Gasteiger partial charge in [0.05, 0.1) is 12.8 Å². The average molecular weight is 161 g/mol. The van der Waals surface area contributed by atoms with Gasteiger partial charge in [-0.25, -0.2) is 0 Å². The summed E-state index contributed by atoms with van der Waals surface area (Å²) >= 11 is 0. The lowest BCUT2D eigenvalue weighted by molar-refractivity contribution is 0.0582. The maximum atomic E-state index is 9.00. The number of unbranched alkanes of at least 4 members (excludes halogenated alkanes) is 1. The molecule has 11 heavy (non-hydrogen) atoms. The molecule has 68 valence electrons. The Labute approximate surface area is 68.6 Å². The van der Waals surface area contributed by atoms with Gasteiger partial charge < -0.3 is 10.2 Å².